The SMILES string of the molecule is CCCCNC(=O)c1ccc(NC(=O)CNc2cccc(C(=O)NCCCOC)c2)cc1. The molecule has 0 bridgehead atoms. The Morgan fingerprint density at radius 1 is 0.844 bits per heavy atom. The summed E-state index contributed by atoms with van der Waals surface area (Å²) in [7, 11) is 1.62. The lowest BCUT2D eigenvalue weighted by Crippen LogP contribution is -2.25. The Balaban J connectivity index is 1.80. The Morgan fingerprint density at radius 2 is 1.53 bits per heavy atom. The third kappa shape index (κ3) is 8.77. The summed E-state index contributed by atoms with van der Waals surface area (Å²) in [5.74, 6) is -0.534. The van der Waals surface area contributed by atoms with Crippen molar-refractivity contribution in [1.29, 1.82) is 0 Å². The van der Waals surface area contributed by atoms with E-state index in [-0.39, 0.29) is 24.3 Å². The van der Waals surface area contributed by atoms with Gasteiger partial charge in [-0.1, -0.05) is 19.4 Å². The van der Waals surface area contributed by atoms with Gasteiger partial charge in [0.25, 0.3) is 11.8 Å². The van der Waals surface area contributed by atoms with Crippen LogP contribution in [0.3, 0.4) is 0 Å². The van der Waals surface area contributed by atoms with Crippen LogP contribution in [0.25, 0.3) is 0 Å². The van der Waals surface area contributed by atoms with Gasteiger partial charge < -0.3 is 26.0 Å². The highest BCUT2D eigenvalue weighted by molar-refractivity contribution is 5.97. The van der Waals surface area contributed by atoms with Crippen molar-refractivity contribution in [3.05, 3.63) is 59.7 Å². The molecular formula is C24H32N4O4. The zero-order valence-electron chi connectivity index (χ0n) is 18.7. The van der Waals surface area contributed by atoms with Crippen LogP contribution >= 0.6 is 0 Å². The minimum atomic E-state index is -0.237. The number of unbranched alkanes of at least 4 members (excludes halogenated alkanes) is 1. The van der Waals surface area contributed by atoms with Crippen LogP contribution in [-0.4, -0.2) is 51.1 Å². The van der Waals surface area contributed by atoms with Gasteiger partial charge in [0, 0.05) is 49.3 Å². The molecule has 3 amide bonds. The number of carbonyl (C=O) groups excluding carboxylic acids is 3. The number of hydrogen-bond donors (Lipinski definition) is 4. The predicted octanol–water partition coefficient (Wildman–Crippen LogP) is 3.03. The van der Waals surface area contributed by atoms with Gasteiger partial charge in [0.15, 0.2) is 0 Å². The number of anilines is 2. The maximum Gasteiger partial charge on any atom is 0.251 e. The van der Waals surface area contributed by atoms with Crippen molar-refractivity contribution in [2.24, 2.45) is 0 Å². The number of ether oxygens (including phenoxy) is 1. The topological polar surface area (TPSA) is 109 Å². The van der Waals surface area contributed by atoms with Gasteiger partial charge in [-0.05, 0) is 55.3 Å². The molecule has 0 aromatic heterocycles. The first-order valence-corrected chi connectivity index (χ1v) is 10.8. The maximum atomic E-state index is 12.3. The van der Waals surface area contributed by atoms with E-state index in [2.05, 4.69) is 28.2 Å². The van der Waals surface area contributed by atoms with E-state index in [0.717, 1.165) is 19.3 Å². The standard InChI is InChI=1S/C24H32N4O4/c1-3-4-13-25-23(30)18-9-11-20(12-10-18)28-22(29)17-27-21-8-5-7-19(16-21)24(31)26-14-6-15-32-2/h5,7-12,16,27H,3-4,6,13-15,17H2,1-2H3,(H,25,30)(H,26,31)(H,28,29). The van der Waals surface area contributed by atoms with Crippen molar-refractivity contribution in [3.8, 4) is 0 Å². The van der Waals surface area contributed by atoms with Crippen LogP contribution in [0.2, 0.25) is 0 Å². The number of rotatable bonds is 13. The van der Waals surface area contributed by atoms with E-state index >= 15 is 0 Å². The second-order valence-corrected chi connectivity index (χ2v) is 7.27. The molecule has 172 valence electrons. The van der Waals surface area contributed by atoms with Gasteiger partial charge >= 0.3 is 0 Å². The summed E-state index contributed by atoms with van der Waals surface area (Å²) in [6.07, 6.45) is 2.70. The van der Waals surface area contributed by atoms with E-state index in [0.29, 0.717) is 42.2 Å². The highest BCUT2D eigenvalue weighted by atomic mass is 16.5. The van der Waals surface area contributed by atoms with Crippen LogP contribution in [0, 0.1) is 0 Å². The van der Waals surface area contributed by atoms with Crippen molar-refractivity contribution < 1.29 is 19.1 Å². The molecule has 0 unspecified atom stereocenters. The first-order chi connectivity index (χ1) is 15.5. The zero-order chi connectivity index (χ0) is 23.2. The molecule has 2 rings (SSSR count). The van der Waals surface area contributed by atoms with Crippen LogP contribution in [0.4, 0.5) is 11.4 Å². The third-order valence-corrected chi connectivity index (χ3v) is 4.64. The van der Waals surface area contributed by atoms with Crippen molar-refractivity contribution in [2.75, 3.05) is 44.0 Å². The number of amides is 3. The Morgan fingerprint density at radius 3 is 2.22 bits per heavy atom. The fourth-order valence-electron chi connectivity index (χ4n) is 2.86. The highest BCUT2D eigenvalue weighted by Gasteiger charge is 2.08. The zero-order valence-corrected chi connectivity index (χ0v) is 18.7. The minimum Gasteiger partial charge on any atom is -0.385 e. The molecule has 2 aromatic rings. The fourth-order valence-corrected chi connectivity index (χ4v) is 2.86. The lowest BCUT2D eigenvalue weighted by Gasteiger charge is -2.10. The lowest BCUT2D eigenvalue weighted by atomic mass is 10.2. The van der Waals surface area contributed by atoms with Crippen LogP contribution in [-0.2, 0) is 9.53 Å². The summed E-state index contributed by atoms with van der Waals surface area (Å²) in [4.78, 5) is 36.5. The monoisotopic (exact) mass is 440 g/mol. The summed E-state index contributed by atoms with van der Waals surface area (Å²) in [5.41, 5.74) is 2.34. The van der Waals surface area contributed by atoms with Crippen molar-refractivity contribution in [1.82, 2.24) is 10.6 Å². The van der Waals surface area contributed by atoms with Gasteiger partial charge in [-0.15, -0.1) is 0 Å². The van der Waals surface area contributed by atoms with Gasteiger partial charge in [-0.3, -0.25) is 14.4 Å². The molecule has 0 aliphatic carbocycles. The number of carbonyl (C=O) groups is 3. The molecule has 0 fully saturated rings. The lowest BCUT2D eigenvalue weighted by molar-refractivity contribution is -0.114. The normalized spacial score (nSPS) is 10.3. The van der Waals surface area contributed by atoms with Gasteiger partial charge in [0.05, 0.1) is 6.54 Å². The van der Waals surface area contributed by atoms with E-state index in [1.807, 2.05) is 0 Å². The number of methoxy groups -OCH3 is 1. The summed E-state index contributed by atoms with van der Waals surface area (Å²) < 4.78 is 4.96. The average Bonchev–Trinajstić information content (AvgIpc) is 2.81. The summed E-state index contributed by atoms with van der Waals surface area (Å²) >= 11 is 0. The molecule has 8 nitrogen and oxygen atoms in total. The van der Waals surface area contributed by atoms with Gasteiger partial charge in [-0.2, -0.15) is 0 Å². The maximum absolute atomic E-state index is 12.3. The fraction of sp³-hybridized carbons (Fsp3) is 0.375. The second-order valence-electron chi connectivity index (χ2n) is 7.27. The minimum absolute atomic E-state index is 0.0398. The number of nitrogens with one attached hydrogen (secondary N) is 4. The van der Waals surface area contributed by atoms with Gasteiger partial charge in [0.2, 0.25) is 5.91 Å². The van der Waals surface area contributed by atoms with Crippen LogP contribution in [0.1, 0.15) is 46.9 Å². The van der Waals surface area contributed by atoms with Crippen molar-refractivity contribution in [2.45, 2.75) is 26.2 Å². The molecule has 0 aliphatic heterocycles. The van der Waals surface area contributed by atoms with Crippen molar-refractivity contribution >= 4 is 29.1 Å². The van der Waals surface area contributed by atoms with E-state index in [4.69, 9.17) is 4.74 Å². The molecule has 8 heteroatoms. The Labute approximate surface area is 189 Å². The first-order valence-electron chi connectivity index (χ1n) is 10.8. The molecule has 32 heavy (non-hydrogen) atoms. The molecule has 0 atom stereocenters. The van der Waals surface area contributed by atoms with E-state index in [1.165, 1.54) is 0 Å². The summed E-state index contributed by atoms with van der Waals surface area (Å²) in [6, 6.07) is 13.7. The van der Waals surface area contributed by atoms with Crippen LogP contribution in [0.5, 0.6) is 0 Å². The molecule has 0 radical (unpaired) electrons. The van der Waals surface area contributed by atoms with E-state index in [1.54, 1.807) is 55.6 Å². The van der Waals surface area contributed by atoms with Crippen molar-refractivity contribution in [3.63, 3.8) is 0 Å². The Hall–Kier alpha value is -3.39. The summed E-state index contributed by atoms with van der Waals surface area (Å²) in [6.45, 7) is 3.88. The molecule has 0 heterocycles. The van der Waals surface area contributed by atoms with E-state index < -0.39 is 0 Å². The molecule has 0 spiro atoms. The molecule has 4 N–H and O–H groups in total. The van der Waals surface area contributed by atoms with Crippen LogP contribution < -0.4 is 21.3 Å². The van der Waals surface area contributed by atoms with E-state index in [9.17, 15) is 14.4 Å². The Bertz CT molecular complexity index is 884. The molecule has 0 saturated heterocycles. The molecule has 0 saturated carbocycles. The predicted molar refractivity (Wildman–Crippen MR) is 126 cm³/mol. The quantitative estimate of drug-likeness (QED) is 0.358. The highest BCUT2D eigenvalue weighted by Crippen LogP contribution is 2.12. The molecular weight excluding hydrogens is 408 g/mol. The first kappa shape index (κ1) is 24.9. The molecule has 0 aliphatic rings. The smallest absolute Gasteiger partial charge is 0.251 e. The van der Waals surface area contributed by atoms with Crippen LogP contribution in [0.15, 0.2) is 48.5 Å². The second kappa shape index (κ2) is 13.8. The third-order valence-electron chi connectivity index (χ3n) is 4.64. The average molecular weight is 441 g/mol. The van der Waals surface area contributed by atoms with Gasteiger partial charge in [-0.25, -0.2) is 0 Å². The molecule has 2 aromatic carbocycles. The van der Waals surface area contributed by atoms with Gasteiger partial charge in [0.1, 0.15) is 0 Å². The summed E-state index contributed by atoms with van der Waals surface area (Å²) in [5, 5.41) is 11.5. The number of hydrogen-bond acceptors (Lipinski definition) is 5. The number of benzene rings is 2. The Kier molecular flexibility index (Phi) is 10.7. The largest absolute Gasteiger partial charge is 0.385 e.